The minimum absolute atomic E-state index is 0.0818. The molecule has 1 amide bonds. The van der Waals surface area contributed by atoms with Gasteiger partial charge >= 0.3 is 0 Å². The summed E-state index contributed by atoms with van der Waals surface area (Å²) in [7, 11) is 1.76. The van der Waals surface area contributed by atoms with E-state index in [2.05, 4.69) is 5.10 Å². The van der Waals surface area contributed by atoms with Gasteiger partial charge in [0.1, 0.15) is 5.76 Å². The fourth-order valence-electron chi connectivity index (χ4n) is 3.45. The van der Waals surface area contributed by atoms with Crippen LogP contribution in [0.4, 0.5) is 0 Å². The molecule has 0 bridgehead atoms. The molecule has 7 heteroatoms. The van der Waals surface area contributed by atoms with E-state index in [1.54, 1.807) is 49.8 Å². The van der Waals surface area contributed by atoms with Crippen LogP contribution in [0.5, 0.6) is 0 Å². The normalized spacial score (nSPS) is 19.4. The zero-order chi connectivity index (χ0) is 19.2. The molecule has 2 aromatic rings. The summed E-state index contributed by atoms with van der Waals surface area (Å²) >= 11 is 5.97. The maximum atomic E-state index is 12.7. The predicted molar refractivity (Wildman–Crippen MR) is 98.8 cm³/mol. The summed E-state index contributed by atoms with van der Waals surface area (Å²) < 4.78 is 1.64. The molecule has 1 unspecified atom stereocenters. The van der Waals surface area contributed by atoms with E-state index in [4.69, 9.17) is 11.6 Å². The first kappa shape index (κ1) is 18.2. The van der Waals surface area contributed by atoms with Crippen LogP contribution >= 0.6 is 11.6 Å². The Morgan fingerprint density at radius 3 is 2.35 bits per heavy atom. The van der Waals surface area contributed by atoms with Crippen LogP contribution in [-0.4, -0.2) is 38.0 Å². The Balaban J connectivity index is 2.26. The first-order valence-corrected chi connectivity index (χ1v) is 8.70. The topological polar surface area (TPSA) is 75.4 Å². The Labute approximate surface area is 156 Å². The Morgan fingerprint density at radius 1 is 1.23 bits per heavy atom. The largest absolute Gasteiger partial charge is 0.507 e. The van der Waals surface area contributed by atoms with E-state index in [9.17, 15) is 14.7 Å². The minimum Gasteiger partial charge on any atom is -0.507 e. The fraction of sp³-hybridized carbons (Fsp3) is 0.316. The molecule has 136 valence electrons. The zero-order valence-electron chi connectivity index (χ0n) is 15.1. The standard InChI is InChI=1S/C19H20ClN3O3/c1-5-23-16(12-6-8-13(20)9-7-12)15(18(25)19(23)26)17(24)14-10(2)21-22(4)11(14)3/h6-9,16,24H,5H2,1-4H3/b17-15+. The van der Waals surface area contributed by atoms with Crippen molar-refractivity contribution in [3.8, 4) is 0 Å². The minimum atomic E-state index is -0.688. The number of carbonyl (C=O) groups is 2. The number of hydrogen-bond acceptors (Lipinski definition) is 4. The molecular formula is C19H20ClN3O3. The van der Waals surface area contributed by atoms with E-state index in [1.165, 1.54) is 4.90 Å². The molecule has 3 rings (SSSR count). The fourth-order valence-corrected chi connectivity index (χ4v) is 3.57. The number of aryl methyl sites for hydroxylation is 2. The average molecular weight is 374 g/mol. The van der Waals surface area contributed by atoms with E-state index in [0.717, 1.165) is 11.3 Å². The number of aliphatic hydroxyl groups is 1. The number of carbonyl (C=O) groups excluding carboxylic acids is 2. The highest BCUT2D eigenvalue weighted by Gasteiger charge is 2.45. The first-order valence-electron chi connectivity index (χ1n) is 8.32. The van der Waals surface area contributed by atoms with Crippen LogP contribution in [0, 0.1) is 13.8 Å². The third kappa shape index (κ3) is 2.70. The molecule has 1 N–H and O–H groups in total. The highest BCUT2D eigenvalue weighted by molar-refractivity contribution is 6.46. The molecule has 2 heterocycles. The number of hydrogen-bond donors (Lipinski definition) is 1. The van der Waals surface area contributed by atoms with Crippen molar-refractivity contribution in [1.82, 2.24) is 14.7 Å². The van der Waals surface area contributed by atoms with Gasteiger partial charge in [-0.2, -0.15) is 5.10 Å². The van der Waals surface area contributed by atoms with Crippen molar-refractivity contribution in [2.45, 2.75) is 26.8 Å². The van der Waals surface area contributed by atoms with Gasteiger partial charge in [0.2, 0.25) is 0 Å². The lowest BCUT2D eigenvalue weighted by Crippen LogP contribution is -2.29. The number of nitrogens with zero attached hydrogens (tertiary/aromatic N) is 3. The van der Waals surface area contributed by atoms with Crippen molar-refractivity contribution in [1.29, 1.82) is 0 Å². The van der Waals surface area contributed by atoms with Crippen LogP contribution in [0.1, 0.15) is 35.5 Å². The molecule has 6 nitrogen and oxygen atoms in total. The summed E-state index contributed by atoms with van der Waals surface area (Å²) in [5.74, 6) is -1.50. The smallest absolute Gasteiger partial charge is 0.295 e. The SMILES string of the molecule is CCN1C(=O)C(=O)/C(=C(/O)c2c(C)nn(C)c2C)C1c1ccc(Cl)cc1. The molecule has 1 aromatic carbocycles. The van der Waals surface area contributed by atoms with E-state index in [1.807, 2.05) is 6.92 Å². The third-order valence-corrected chi connectivity index (χ3v) is 5.06. The van der Waals surface area contributed by atoms with E-state index in [0.29, 0.717) is 22.8 Å². The van der Waals surface area contributed by atoms with Crippen molar-refractivity contribution >= 4 is 29.1 Å². The van der Waals surface area contributed by atoms with E-state index >= 15 is 0 Å². The molecule has 1 atom stereocenters. The quantitative estimate of drug-likeness (QED) is 0.509. The van der Waals surface area contributed by atoms with Gasteiger partial charge in [-0.15, -0.1) is 0 Å². The second kappa shape index (κ2) is 6.61. The number of Topliss-reactive ketones (excluding diaryl/α,β-unsaturated/α-hetero) is 1. The van der Waals surface area contributed by atoms with Gasteiger partial charge in [-0.25, -0.2) is 0 Å². The van der Waals surface area contributed by atoms with Gasteiger partial charge < -0.3 is 10.0 Å². The maximum Gasteiger partial charge on any atom is 0.295 e. The van der Waals surface area contributed by atoms with Crippen LogP contribution in [0.15, 0.2) is 29.8 Å². The molecule has 0 spiro atoms. The van der Waals surface area contributed by atoms with Crippen molar-refractivity contribution in [3.05, 3.63) is 57.4 Å². The van der Waals surface area contributed by atoms with Crippen molar-refractivity contribution in [2.24, 2.45) is 7.05 Å². The van der Waals surface area contributed by atoms with Gasteiger partial charge in [0.15, 0.2) is 0 Å². The van der Waals surface area contributed by atoms with Gasteiger partial charge in [0, 0.05) is 24.3 Å². The molecule has 1 saturated heterocycles. The number of aromatic nitrogens is 2. The van der Waals surface area contributed by atoms with Crippen molar-refractivity contribution in [3.63, 3.8) is 0 Å². The molecule has 1 aliphatic heterocycles. The molecule has 1 aromatic heterocycles. The van der Waals surface area contributed by atoms with E-state index in [-0.39, 0.29) is 11.3 Å². The number of halogens is 1. The maximum absolute atomic E-state index is 12.7. The average Bonchev–Trinajstić information content (AvgIpc) is 3.01. The Hall–Kier alpha value is -2.60. The number of amides is 1. The monoisotopic (exact) mass is 373 g/mol. The van der Waals surface area contributed by atoms with Crippen molar-refractivity contribution < 1.29 is 14.7 Å². The lowest BCUT2D eigenvalue weighted by atomic mass is 9.95. The number of ketones is 1. The van der Waals surface area contributed by atoms with Crippen LogP contribution in [-0.2, 0) is 16.6 Å². The Bertz CT molecular complexity index is 928. The highest BCUT2D eigenvalue weighted by atomic mass is 35.5. The molecule has 0 radical (unpaired) electrons. The van der Waals surface area contributed by atoms with Crippen LogP contribution in [0.25, 0.3) is 5.76 Å². The zero-order valence-corrected chi connectivity index (χ0v) is 15.8. The van der Waals surface area contributed by atoms with Crippen LogP contribution in [0.2, 0.25) is 5.02 Å². The molecule has 26 heavy (non-hydrogen) atoms. The lowest BCUT2D eigenvalue weighted by Gasteiger charge is -2.23. The number of aliphatic hydroxyl groups excluding tert-OH is 1. The lowest BCUT2D eigenvalue weighted by molar-refractivity contribution is -0.139. The molecule has 0 aliphatic carbocycles. The molecule has 1 aliphatic rings. The second-order valence-electron chi connectivity index (χ2n) is 6.31. The highest BCUT2D eigenvalue weighted by Crippen LogP contribution is 2.40. The number of likely N-dealkylation sites (N-methyl/N-ethyl adjacent to an activating group) is 1. The number of likely N-dealkylation sites (tertiary alicyclic amines) is 1. The van der Waals surface area contributed by atoms with Crippen molar-refractivity contribution in [2.75, 3.05) is 6.54 Å². The summed E-state index contributed by atoms with van der Waals surface area (Å²) in [5, 5.41) is 15.8. The van der Waals surface area contributed by atoms with Gasteiger partial charge in [-0.05, 0) is 38.5 Å². The first-order chi connectivity index (χ1) is 12.3. The van der Waals surface area contributed by atoms with Crippen LogP contribution in [0.3, 0.4) is 0 Å². The number of benzene rings is 1. The second-order valence-corrected chi connectivity index (χ2v) is 6.74. The van der Waals surface area contributed by atoms with Gasteiger partial charge in [-0.3, -0.25) is 14.3 Å². The van der Waals surface area contributed by atoms with Crippen LogP contribution < -0.4 is 0 Å². The summed E-state index contributed by atoms with van der Waals surface area (Å²) in [5.41, 5.74) is 2.60. The molecule has 1 fully saturated rings. The van der Waals surface area contributed by atoms with Gasteiger partial charge in [0.05, 0.1) is 22.9 Å². The van der Waals surface area contributed by atoms with Gasteiger partial charge in [0.25, 0.3) is 11.7 Å². The Kier molecular flexibility index (Phi) is 4.63. The predicted octanol–water partition coefficient (Wildman–Crippen LogP) is 3.13. The summed E-state index contributed by atoms with van der Waals surface area (Å²) in [6, 6.07) is 6.27. The number of rotatable bonds is 3. The molecule has 0 saturated carbocycles. The Morgan fingerprint density at radius 2 is 1.85 bits per heavy atom. The summed E-state index contributed by atoms with van der Waals surface area (Å²) in [6.07, 6.45) is 0. The summed E-state index contributed by atoms with van der Waals surface area (Å²) in [4.78, 5) is 26.7. The summed E-state index contributed by atoms with van der Waals surface area (Å²) in [6.45, 7) is 5.71. The van der Waals surface area contributed by atoms with Gasteiger partial charge in [-0.1, -0.05) is 23.7 Å². The van der Waals surface area contributed by atoms with E-state index < -0.39 is 17.7 Å². The third-order valence-electron chi connectivity index (χ3n) is 4.81. The molecular weight excluding hydrogens is 354 g/mol.